The van der Waals surface area contributed by atoms with E-state index in [4.69, 9.17) is 0 Å². The molecule has 0 saturated carbocycles. The van der Waals surface area contributed by atoms with Crippen molar-refractivity contribution >= 4 is 11.7 Å². The molecule has 1 N–H and O–H groups in total. The van der Waals surface area contributed by atoms with Gasteiger partial charge in [0, 0.05) is 6.42 Å². The fraction of sp³-hybridized carbons (Fsp3) is 0.429. The van der Waals surface area contributed by atoms with Gasteiger partial charge in [0.15, 0.2) is 5.78 Å². The molecule has 1 rings (SSSR count). The number of ketones is 1. The van der Waals surface area contributed by atoms with Crippen molar-refractivity contribution in [2.45, 2.75) is 39.2 Å². The molecule has 1 amide bonds. The van der Waals surface area contributed by atoms with Gasteiger partial charge in [-0.3, -0.25) is 9.59 Å². The van der Waals surface area contributed by atoms with E-state index >= 15 is 0 Å². The van der Waals surface area contributed by atoms with Crippen LogP contribution in [0.25, 0.3) is 0 Å². The van der Waals surface area contributed by atoms with Gasteiger partial charge in [-0.05, 0) is 19.4 Å². The zero-order valence-corrected chi connectivity index (χ0v) is 10.6. The maximum absolute atomic E-state index is 11.9. The molecule has 0 heterocycles. The Hall–Kier alpha value is -1.64. The van der Waals surface area contributed by atoms with Crippen molar-refractivity contribution in [1.82, 2.24) is 5.32 Å². The summed E-state index contributed by atoms with van der Waals surface area (Å²) in [6.07, 6.45) is 0.446. The van der Waals surface area contributed by atoms with Crippen molar-refractivity contribution in [3.63, 3.8) is 0 Å². The van der Waals surface area contributed by atoms with Crippen LogP contribution in [0.15, 0.2) is 30.3 Å². The Morgan fingerprint density at radius 2 is 1.76 bits per heavy atom. The molecule has 0 aliphatic rings. The van der Waals surface area contributed by atoms with Gasteiger partial charge in [-0.15, -0.1) is 0 Å². The Kier molecular flexibility index (Phi) is 4.88. The van der Waals surface area contributed by atoms with E-state index in [9.17, 15) is 9.59 Å². The lowest BCUT2D eigenvalue weighted by molar-refractivity contribution is -0.127. The summed E-state index contributed by atoms with van der Waals surface area (Å²) in [5.41, 5.74) is 0.959. The van der Waals surface area contributed by atoms with Crippen LogP contribution in [0.3, 0.4) is 0 Å². The maximum atomic E-state index is 11.9. The van der Waals surface area contributed by atoms with E-state index in [1.165, 1.54) is 0 Å². The predicted octanol–water partition coefficient (Wildman–Crippen LogP) is 2.27. The Labute approximate surface area is 102 Å². The van der Waals surface area contributed by atoms with Crippen LogP contribution in [0.5, 0.6) is 0 Å². The molecule has 92 valence electrons. The van der Waals surface area contributed by atoms with E-state index in [1.807, 2.05) is 37.3 Å². The quantitative estimate of drug-likeness (QED) is 0.848. The average molecular weight is 233 g/mol. The molecular formula is C14H19NO2. The molecule has 0 radical (unpaired) electrons. The van der Waals surface area contributed by atoms with E-state index in [0.29, 0.717) is 6.42 Å². The van der Waals surface area contributed by atoms with Crippen LogP contribution in [0, 0.1) is 0 Å². The van der Waals surface area contributed by atoms with Gasteiger partial charge in [0.05, 0.1) is 12.0 Å². The summed E-state index contributed by atoms with van der Waals surface area (Å²) in [4.78, 5) is 23.3. The van der Waals surface area contributed by atoms with Gasteiger partial charge < -0.3 is 5.32 Å². The highest BCUT2D eigenvalue weighted by atomic mass is 16.2. The van der Waals surface area contributed by atoms with Crippen molar-refractivity contribution < 1.29 is 9.59 Å². The molecule has 1 aromatic carbocycles. The van der Waals surface area contributed by atoms with Crippen LogP contribution >= 0.6 is 0 Å². The molecule has 3 nitrogen and oxygen atoms in total. The third-order valence-electron chi connectivity index (χ3n) is 2.88. The first-order chi connectivity index (χ1) is 8.06. The van der Waals surface area contributed by atoms with E-state index in [0.717, 1.165) is 5.56 Å². The second-order valence-corrected chi connectivity index (χ2v) is 4.18. The number of carbonyl (C=O) groups is 2. The van der Waals surface area contributed by atoms with E-state index < -0.39 is 6.04 Å². The van der Waals surface area contributed by atoms with Gasteiger partial charge in [-0.1, -0.05) is 37.3 Å². The molecule has 17 heavy (non-hydrogen) atoms. The minimum Gasteiger partial charge on any atom is -0.346 e. The lowest BCUT2D eigenvalue weighted by atomic mass is 10.00. The second kappa shape index (κ2) is 6.18. The summed E-state index contributed by atoms with van der Waals surface area (Å²) in [5, 5.41) is 2.74. The number of Topliss-reactive ketones (excluding diaryl/α,β-unsaturated/α-hetero) is 1. The third kappa shape index (κ3) is 3.70. The number of amides is 1. The van der Waals surface area contributed by atoms with Gasteiger partial charge in [0.25, 0.3) is 0 Å². The van der Waals surface area contributed by atoms with Crippen molar-refractivity contribution in [2.75, 3.05) is 0 Å². The molecule has 3 heteroatoms. The van der Waals surface area contributed by atoms with Crippen molar-refractivity contribution in [3.8, 4) is 0 Å². The first-order valence-electron chi connectivity index (χ1n) is 5.94. The maximum Gasteiger partial charge on any atom is 0.227 e. The molecular weight excluding hydrogens is 214 g/mol. The van der Waals surface area contributed by atoms with Gasteiger partial charge in [-0.2, -0.15) is 0 Å². The molecule has 0 aliphatic carbocycles. The summed E-state index contributed by atoms with van der Waals surface area (Å²) >= 11 is 0. The van der Waals surface area contributed by atoms with Crippen LogP contribution in [0.2, 0.25) is 0 Å². The third-order valence-corrected chi connectivity index (χ3v) is 2.88. The molecule has 2 atom stereocenters. The lowest BCUT2D eigenvalue weighted by Gasteiger charge is -2.16. The normalized spacial score (nSPS) is 13.8. The topological polar surface area (TPSA) is 46.2 Å². The van der Waals surface area contributed by atoms with Crippen molar-refractivity contribution in [3.05, 3.63) is 35.9 Å². The first kappa shape index (κ1) is 13.4. The number of hydrogen-bond acceptors (Lipinski definition) is 2. The highest BCUT2D eigenvalue weighted by Crippen LogP contribution is 2.14. The zero-order valence-electron chi connectivity index (χ0n) is 10.6. The Bertz CT molecular complexity index is 386. The van der Waals surface area contributed by atoms with E-state index in [-0.39, 0.29) is 17.6 Å². The fourth-order valence-electron chi connectivity index (χ4n) is 1.62. The summed E-state index contributed by atoms with van der Waals surface area (Å²) < 4.78 is 0. The highest BCUT2D eigenvalue weighted by Gasteiger charge is 2.19. The molecule has 0 bridgehead atoms. The number of rotatable bonds is 5. The molecule has 0 saturated heterocycles. The zero-order chi connectivity index (χ0) is 12.8. The van der Waals surface area contributed by atoms with Gasteiger partial charge in [0.2, 0.25) is 5.91 Å². The molecule has 2 unspecified atom stereocenters. The minimum atomic E-state index is -0.404. The van der Waals surface area contributed by atoms with Crippen molar-refractivity contribution in [2.24, 2.45) is 0 Å². The number of carbonyl (C=O) groups excluding carboxylic acids is 2. The lowest BCUT2D eigenvalue weighted by Crippen LogP contribution is -2.40. The predicted molar refractivity (Wildman–Crippen MR) is 67.8 cm³/mol. The fourth-order valence-corrected chi connectivity index (χ4v) is 1.62. The van der Waals surface area contributed by atoms with Gasteiger partial charge >= 0.3 is 0 Å². The first-order valence-corrected chi connectivity index (χ1v) is 5.94. The summed E-state index contributed by atoms with van der Waals surface area (Å²) in [7, 11) is 0. The smallest absolute Gasteiger partial charge is 0.227 e. The standard InChI is InChI=1S/C14H19NO2/c1-4-13(16)11(3)15-14(17)10(2)12-8-6-5-7-9-12/h5-11H,4H2,1-3H3,(H,15,17). The van der Waals surface area contributed by atoms with Crippen molar-refractivity contribution in [1.29, 1.82) is 0 Å². The molecule has 1 aromatic rings. The minimum absolute atomic E-state index is 0.0543. The van der Waals surface area contributed by atoms with Crippen LogP contribution in [0.1, 0.15) is 38.7 Å². The Morgan fingerprint density at radius 1 is 1.18 bits per heavy atom. The van der Waals surface area contributed by atoms with Gasteiger partial charge in [0.1, 0.15) is 0 Å². The largest absolute Gasteiger partial charge is 0.346 e. The second-order valence-electron chi connectivity index (χ2n) is 4.18. The average Bonchev–Trinajstić information content (AvgIpc) is 2.37. The number of hydrogen-bond donors (Lipinski definition) is 1. The Balaban J connectivity index is 2.62. The monoisotopic (exact) mass is 233 g/mol. The molecule has 0 aromatic heterocycles. The van der Waals surface area contributed by atoms with E-state index in [1.54, 1.807) is 13.8 Å². The van der Waals surface area contributed by atoms with E-state index in [2.05, 4.69) is 5.32 Å². The highest BCUT2D eigenvalue weighted by molar-refractivity contribution is 5.90. The Morgan fingerprint density at radius 3 is 2.29 bits per heavy atom. The SMILES string of the molecule is CCC(=O)C(C)NC(=O)C(C)c1ccccc1. The van der Waals surface area contributed by atoms with Crippen LogP contribution in [-0.2, 0) is 9.59 Å². The van der Waals surface area contributed by atoms with Crippen LogP contribution in [-0.4, -0.2) is 17.7 Å². The summed E-state index contributed by atoms with van der Waals surface area (Å²) in [6, 6.07) is 9.14. The molecule has 0 aliphatic heterocycles. The molecule has 0 spiro atoms. The van der Waals surface area contributed by atoms with Gasteiger partial charge in [-0.25, -0.2) is 0 Å². The molecule has 0 fully saturated rings. The number of benzene rings is 1. The summed E-state index contributed by atoms with van der Waals surface area (Å²) in [6.45, 7) is 5.36. The number of nitrogens with one attached hydrogen (secondary N) is 1. The summed E-state index contributed by atoms with van der Waals surface area (Å²) in [5.74, 6) is -0.285. The van der Waals surface area contributed by atoms with Crippen LogP contribution < -0.4 is 5.32 Å². The van der Waals surface area contributed by atoms with Crippen LogP contribution in [0.4, 0.5) is 0 Å².